The molecule has 0 saturated carbocycles. The van der Waals surface area contributed by atoms with Crippen LogP contribution in [-0.4, -0.2) is 38.7 Å². The van der Waals surface area contributed by atoms with E-state index in [2.05, 4.69) is 26.0 Å². The van der Waals surface area contributed by atoms with E-state index in [1.165, 1.54) is 0 Å². The van der Waals surface area contributed by atoms with Gasteiger partial charge in [0.1, 0.15) is 17.3 Å². The number of H-pyrrole nitrogens is 1. The molecule has 0 saturated heterocycles. The van der Waals surface area contributed by atoms with Crippen molar-refractivity contribution in [1.82, 2.24) is 30.6 Å². The minimum Gasteiger partial charge on any atom is -0.497 e. The number of aromatic amines is 1. The van der Waals surface area contributed by atoms with Crippen molar-refractivity contribution in [3.05, 3.63) is 83.4 Å². The van der Waals surface area contributed by atoms with Crippen molar-refractivity contribution in [3.8, 4) is 22.8 Å². The molecule has 0 unspecified atom stereocenters. The summed E-state index contributed by atoms with van der Waals surface area (Å²) in [5, 5.41) is 6.85. The predicted octanol–water partition coefficient (Wildman–Crippen LogP) is 2.96. The maximum Gasteiger partial charge on any atom is 0.287 e. The van der Waals surface area contributed by atoms with E-state index in [1.807, 2.05) is 60.9 Å². The summed E-state index contributed by atoms with van der Waals surface area (Å²) in [5.74, 6) is 0.508. The maximum atomic E-state index is 12.7. The third-order valence-electron chi connectivity index (χ3n) is 5.05. The molecule has 0 aliphatic carbocycles. The Morgan fingerprint density at radius 1 is 1.00 bits per heavy atom. The van der Waals surface area contributed by atoms with Gasteiger partial charge in [-0.2, -0.15) is 5.10 Å². The molecule has 2 amide bonds. The normalized spacial score (nSPS) is 10.6. The van der Waals surface area contributed by atoms with Crippen molar-refractivity contribution < 1.29 is 14.3 Å². The number of carbonyl (C=O) groups is 2. The van der Waals surface area contributed by atoms with Crippen LogP contribution in [0.1, 0.15) is 32.2 Å². The number of nitrogens with zero attached hydrogens (tertiary/aromatic N) is 3. The summed E-state index contributed by atoms with van der Waals surface area (Å²) in [4.78, 5) is 29.5. The molecule has 1 aromatic carbocycles. The van der Waals surface area contributed by atoms with Gasteiger partial charge in [0.25, 0.3) is 11.8 Å². The molecular formula is C23H22N6O3. The Hall–Kier alpha value is -4.40. The lowest BCUT2D eigenvalue weighted by molar-refractivity contribution is 0.0843. The fourth-order valence-electron chi connectivity index (χ4n) is 3.43. The molecule has 0 aliphatic rings. The molecule has 9 heteroatoms. The number of ether oxygens (including phenoxy) is 1. The van der Waals surface area contributed by atoms with E-state index in [-0.39, 0.29) is 5.69 Å². The van der Waals surface area contributed by atoms with Gasteiger partial charge in [0, 0.05) is 23.1 Å². The first-order valence-electron chi connectivity index (χ1n) is 9.89. The summed E-state index contributed by atoms with van der Waals surface area (Å²) in [6, 6.07) is 16.2. The van der Waals surface area contributed by atoms with Gasteiger partial charge in [-0.1, -0.05) is 6.07 Å². The minimum absolute atomic E-state index is 0.218. The number of amides is 2. The number of aromatic nitrogens is 4. The zero-order chi connectivity index (χ0) is 22.7. The highest BCUT2D eigenvalue weighted by Gasteiger charge is 2.18. The van der Waals surface area contributed by atoms with Gasteiger partial charge < -0.3 is 9.30 Å². The van der Waals surface area contributed by atoms with Crippen molar-refractivity contribution in [3.63, 3.8) is 0 Å². The second kappa shape index (κ2) is 8.76. The number of carbonyl (C=O) groups excluding carboxylic acids is 2. The summed E-state index contributed by atoms with van der Waals surface area (Å²) in [5.41, 5.74) is 8.54. The second-order valence-electron chi connectivity index (χ2n) is 7.11. The molecule has 4 aromatic rings. The zero-order valence-electron chi connectivity index (χ0n) is 17.8. The van der Waals surface area contributed by atoms with Crippen LogP contribution in [0, 0.1) is 13.8 Å². The minimum atomic E-state index is -0.510. The van der Waals surface area contributed by atoms with Crippen molar-refractivity contribution in [1.29, 1.82) is 0 Å². The first-order chi connectivity index (χ1) is 15.5. The fourth-order valence-corrected chi connectivity index (χ4v) is 3.43. The molecule has 0 bridgehead atoms. The van der Waals surface area contributed by atoms with Crippen LogP contribution in [0.15, 0.2) is 60.8 Å². The standard InChI is InChI=1S/C23H22N6O3/c1-14-12-18(15(2)29(14)21-6-4-5-11-24-21)22(30)27-28-23(31)20-13-19(25-26-20)16-7-9-17(32-3)10-8-16/h4-13H,1-3H3,(H,25,26)(H,27,30)(H,28,31). The Labute approximate surface area is 184 Å². The van der Waals surface area contributed by atoms with Crippen molar-refractivity contribution in [2.75, 3.05) is 7.11 Å². The quantitative estimate of drug-likeness (QED) is 0.421. The summed E-state index contributed by atoms with van der Waals surface area (Å²) in [7, 11) is 1.59. The average molecular weight is 430 g/mol. The zero-order valence-corrected chi connectivity index (χ0v) is 17.8. The Morgan fingerprint density at radius 3 is 2.44 bits per heavy atom. The molecule has 9 nitrogen and oxygen atoms in total. The molecule has 0 radical (unpaired) electrons. The number of aryl methyl sites for hydroxylation is 1. The van der Waals surface area contributed by atoms with Crippen LogP contribution in [0.5, 0.6) is 5.75 Å². The predicted molar refractivity (Wildman–Crippen MR) is 119 cm³/mol. The van der Waals surface area contributed by atoms with Crippen LogP contribution >= 0.6 is 0 Å². The smallest absolute Gasteiger partial charge is 0.287 e. The first kappa shape index (κ1) is 20.9. The summed E-state index contributed by atoms with van der Waals surface area (Å²) in [6.07, 6.45) is 1.69. The third kappa shape index (κ3) is 4.08. The summed E-state index contributed by atoms with van der Waals surface area (Å²) < 4.78 is 7.03. The molecule has 0 fully saturated rings. The van der Waals surface area contributed by atoms with E-state index in [4.69, 9.17) is 4.74 Å². The van der Waals surface area contributed by atoms with Gasteiger partial charge in [-0.3, -0.25) is 25.5 Å². The second-order valence-corrected chi connectivity index (χ2v) is 7.11. The highest BCUT2D eigenvalue weighted by Crippen LogP contribution is 2.21. The largest absolute Gasteiger partial charge is 0.497 e. The summed E-state index contributed by atoms with van der Waals surface area (Å²) >= 11 is 0. The molecule has 0 atom stereocenters. The summed E-state index contributed by atoms with van der Waals surface area (Å²) in [6.45, 7) is 3.72. The van der Waals surface area contributed by atoms with Crippen LogP contribution in [0.3, 0.4) is 0 Å². The topological polar surface area (TPSA) is 114 Å². The van der Waals surface area contributed by atoms with Crippen molar-refractivity contribution in [2.24, 2.45) is 0 Å². The molecule has 0 spiro atoms. The van der Waals surface area contributed by atoms with Gasteiger partial charge in [0.2, 0.25) is 0 Å². The number of rotatable bonds is 5. The van der Waals surface area contributed by atoms with E-state index in [0.29, 0.717) is 17.1 Å². The number of hydrazine groups is 1. The van der Waals surface area contributed by atoms with E-state index in [9.17, 15) is 9.59 Å². The monoisotopic (exact) mass is 430 g/mol. The first-order valence-corrected chi connectivity index (χ1v) is 9.89. The van der Waals surface area contributed by atoms with Crippen LogP contribution in [-0.2, 0) is 0 Å². The third-order valence-corrected chi connectivity index (χ3v) is 5.05. The SMILES string of the molecule is COc1ccc(-c2cc(C(=O)NNC(=O)c3cc(C)n(-c4ccccn4)c3C)[nH]n2)cc1. The molecule has 32 heavy (non-hydrogen) atoms. The Bertz CT molecular complexity index is 1260. The lowest BCUT2D eigenvalue weighted by Gasteiger charge is -2.09. The highest BCUT2D eigenvalue weighted by molar-refractivity contribution is 5.99. The van der Waals surface area contributed by atoms with Crippen LogP contribution in [0.2, 0.25) is 0 Å². The van der Waals surface area contributed by atoms with Gasteiger partial charge in [0.05, 0.1) is 18.4 Å². The molecule has 3 aromatic heterocycles. The lowest BCUT2D eigenvalue weighted by Crippen LogP contribution is -2.41. The van der Waals surface area contributed by atoms with Gasteiger partial charge >= 0.3 is 0 Å². The molecule has 3 heterocycles. The van der Waals surface area contributed by atoms with Gasteiger partial charge in [0.15, 0.2) is 0 Å². The van der Waals surface area contributed by atoms with E-state index in [1.54, 1.807) is 25.4 Å². The number of hydrogen-bond acceptors (Lipinski definition) is 5. The Kier molecular flexibility index (Phi) is 5.71. The van der Waals surface area contributed by atoms with Gasteiger partial charge in [-0.05, 0) is 62.4 Å². The molecule has 4 rings (SSSR count). The maximum absolute atomic E-state index is 12.7. The average Bonchev–Trinajstić information content (AvgIpc) is 3.43. The van der Waals surface area contributed by atoms with Crippen LogP contribution < -0.4 is 15.6 Å². The highest BCUT2D eigenvalue weighted by atomic mass is 16.5. The molecule has 162 valence electrons. The Morgan fingerprint density at radius 2 is 1.75 bits per heavy atom. The van der Waals surface area contributed by atoms with Crippen LogP contribution in [0.4, 0.5) is 0 Å². The Balaban J connectivity index is 1.44. The lowest BCUT2D eigenvalue weighted by atomic mass is 10.1. The van der Waals surface area contributed by atoms with Crippen LogP contribution in [0.25, 0.3) is 17.1 Å². The number of hydrogen-bond donors (Lipinski definition) is 3. The van der Waals surface area contributed by atoms with Crippen molar-refractivity contribution in [2.45, 2.75) is 13.8 Å². The number of methoxy groups -OCH3 is 1. The molecule has 0 aliphatic heterocycles. The van der Waals surface area contributed by atoms with Gasteiger partial charge in [-0.25, -0.2) is 4.98 Å². The van der Waals surface area contributed by atoms with E-state index in [0.717, 1.165) is 22.7 Å². The van der Waals surface area contributed by atoms with Gasteiger partial charge in [-0.15, -0.1) is 0 Å². The molecular weight excluding hydrogens is 408 g/mol. The molecule has 3 N–H and O–H groups in total. The van der Waals surface area contributed by atoms with E-state index >= 15 is 0 Å². The number of benzene rings is 1. The van der Waals surface area contributed by atoms with E-state index < -0.39 is 11.8 Å². The number of nitrogens with one attached hydrogen (secondary N) is 3. The fraction of sp³-hybridized carbons (Fsp3) is 0.130. The number of pyridine rings is 1. The van der Waals surface area contributed by atoms with Crippen molar-refractivity contribution >= 4 is 11.8 Å².